The standard InChI is InChI=1S/C9H19NO2S/c1-8(2)5-10-4-3-9(6-10)7-13(11)12/h8-9H,3-7H2,1-2H3,(H,11,12)/p-1. The Bertz CT molecular complexity index is 184. The fraction of sp³-hybridized carbons (Fsp3) is 1.00. The highest BCUT2D eigenvalue weighted by atomic mass is 32.2. The second-order valence-corrected chi connectivity index (χ2v) is 5.22. The summed E-state index contributed by atoms with van der Waals surface area (Å²) >= 11 is -1.86. The van der Waals surface area contributed by atoms with E-state index in [0.29, 0.717) is 17.6 Å². The maximum atomic E-state index is 10.5. The molecule has 0 aromatic heterocycles. The summed E-state index contributed by atoms with van der Waals surface area (Å²) in [4.78, 5) is 2.36. The van der Waals surface area contributed by atoms with Crippen LogP contribution in [0.25, 0.3) is 0 Å². The van der Waals surface area contributed by atoms with E-state index in [0.717, 1.165) is 26.1 Å². The molecule has 1 rings (SSSR count). The van der Waals surface area contributed by atoms with Gasteiger partial charge in [0.2, 0.25) is 0 Å². The molecule has 1 aliphatic heterocycles. The number of hydrogen-bond donors (Lipinski definition) is 0. The van der Waals surface area contributed by atoms with Gasteiger partial charge in [-0.1, -0.05) is 24.9 Å². The van der Waals surface area contributed by atoms with E-state index in [1.807, 2.05) is 0 Å². The molecule has 0 aliphatic carbocycles. The van der Waals surface area contributed by atoms with E-state index < -0.39 is 11.1 Å². The number of rotatable bonds is 4. The van der Waals surface area contributed by atoms with E-state index in [1.54, 1.807) is 0 Å². The molecular weight excluding hydrogens is 186 g/mol. The first kappa shape index (κ1) is 11.1. The van der Waals surface area contributed by atoms with Gasteiger partial charge in [0.15, 0.2) is 0 Å². The van der Waals surface area contributed by atoms with Crippen LogP contribution < -0.4 is 0 Å². The van der Waals surface area contributed by atoms with Gasteiger partial charge in [0, 0.05) is 18.8 Å². The van der Waals surface area contributed by atoms with Crippen LogP contribution in [0.15, 0.2) is 0 Å². The van der Waals surface area contributed by atoms with E-state index in [2.05, 4.69) is 18.7 Å². The Kier molecular flexibility index (Phi) is 4.35. The van der Waals surface area contributed by atoms with Crippen molar-refractivity contribution in [1.29, 1.82) is 0 Å². The van der Waals surface area contributed by atoms with E-state index >= 15 is 0 Å². The van der Waals surface area contributed by atoms with Gasteiger partial charge >= 0.3 is 0 Å². The van der Waals surface area contributed by atoms with Gasteiger partial charge in [0.05, 0.1) is 0 Å². The van der Waals surface area contributed by atoms with Crippen LogP contribution in [-0.4, -0.2) is 39.0 Å². The second kappa shape index (κ2) is 5.08. The summed E-state index contributed by atoms with van der Waals surface area (Å²) in [5, 5.41) is 0. The summed E-state index contributed by atoms with van der Waals surface area (Å²) in [7, 11) is 0. The highest BCUT2D eigenvalue weighted by molar-refractivity contribution is 7.79. The van der Waals surface area contributed by atoms with Gasteiger partial charge in [0.1, 0.15) is 0 Å². The van der Waals surface area contributed by atoms with Crippen LogP contribution in [0.5, 0.6) is 0 Å². The fourth-order valence-electron chi connectivity index (χ4n) is 1.92. The molecule has 0 N–H and O–H groups in total. The van der Waals surface area contributed by atoms with E-state index in [4.69, 9.17) is 0 Å². The van der Waals surface area contributed by atoms with Crippen LogP contribution in [0.3, 0.4) is 0 Å². The molecule has 0 radical (unpaired) electrons. The maximum Gasteiger partial charge on any atom is 0.0143 e. The zero-order valence-corrected chi connectivity index (χ0v) is 9.18. The topological polar surface area (TPSA) is 43.4 Å². The molecule has 3 nitrogen and oxygen atoms in total. The largest absolute Gasteiger partial charge is 0.772 e. The molecule has 0 amide bonds. The first-order valence-electron chi connectivity index (χ1n) is 4.86. The molecule has 1 saturated heterocycles. The van der Waals surface area contributed by atoms with Gasteiger partial charge in [0.25, 0.3) is 0 Å². The summed E-state index contributed by atoms with van der Waals surface area (Å²) in [6.45, 7) is 7.52. The number of hydrogen-bond acceptors (Lipinski definition) is 3. The van der Waals surface area contributed by atoms with E-state index in [1.165, 1.54) is 0 Å². The van der Waals surface area contributed by atoms with Gasteiger partial charge in [-0.15, -0.1) is 0 Å². The van der Waals surface area contributed by atoms with E-state index in [-0.39, 0.29) is 0 Å². The Hall–Kier alpha value is 0.0700. The quantitative estimate of drug-likeness (QED) is 0.637. The van der Waals surface area contributed by atoms with Crippen molar-refractivity contribution in [2.24, 2.45) is 11.8 Å². The molecule has 13 heavy (non-hydrogen) atoms. The van der Waals surface area contributed by atoms with Crippen LogP contribution in [0.4, 0.5) is 0 Å². The van der Waals surface area contributed by atoms with Crippen molar-refractivity contribution in [1.82, 2.24) is 4.90 Å². The van der Waals surface area contributed by atoms with Gasteiger partial charge in [-0.05, 0) is 24.8 Å². The normalized spacial score (nSPS) is 26.9. The van der Waals surface area contributed by atoms with Gasteiger partial charge in [-0.25, -0.2) is 0 Å². The molecule has 1 aliphatic rings. The predicted molar refractivity (Wildman–Crippen MR) is 53.2 cm³/mol. The smallest absolute Gasteiger partial charge is 0.0143 e. The van der Waals surface area contributed by atoms with Crippen LogP contribution in [0.2, 0.25) is 0 Å². The average Bonchev–Trinajstić information content (AvgIpc) is 2.33. The highest BCUT2D eigenvalue weighted by Crippen LogP contribution is 2.17. The minimum Gasteiger partial charge on any atom is -0.772 e. The molecule has 0 aromatic carbocycles. The lowest BCUT2D eigenvalue weighted by atomic mass is 10.1. The SMILES string of the molecule is CC(C)CN1CCC(CS(=O)[O-])C1. The van der Waals surface area contributed by atoms with Crippen molar-refractivity contribution in [2.75, 3.05) is 25.4 Å². The van der Waals surface area contributed by atoms with Crippen molar-refractivity contribution >= 4 is 11.1 Å². The Labute approximate surface area is 82.8 Å². The minimum atomic E-state index is -1.86. The molecule has 2 atom stereocenters. The van der Waals surface area contributed by atoms with Gasteiger partial charge in [-0.2, -0.15) is 0 Å². The fourth-order valence-corrected chi connectivity index (χ4v) is 2.58. The average molecular weight is 204 g/mol. The molecule has 0 aromatic rings. The summed E-state index contributed by atoms with van der Waals surface area (Å²) in [5.74, 6) is 1.39. The monoisotopic (exact) mass is 204 g/mol. The summed E-state index contributed by atoms with van der Waals surface area (Å²) < 4.78 is 20.9. The lowest BCUT2D eigenvalue weighted by molar-refractivity contribution is 0.290. The van der Waals surface area contributed by atoms with E-state index in [9.17, 15) is 8.76 Å². The van der Waals surface area contributed by atoms with Gasteiger partial charge < -0.3 is 9.45 Å². The molecule has 0 saturated carbocycles. The van der Waals surface area contributed by atoms with Crippen molar-refractivity contribution in [2.45, 2.75) is 20.3 Å². The second-order valence-electron chi connectivity index (χ2n) is 4.28. The Morgan fingerprint density at radius 1 is 1.62 bits per heavy atom. The Morgan fingerprint density at radius 3 is 2.85 bits per heavy atom. The number of likely N-dealkylation sites (tertiary alicyclic amines) is 1. The van der Waals surface area contributed by atoms with Crippen LogP contribution >= 0.6 is 0 Å². The molecular formula is C9H18NO2S-. The Balaban J connectivity index is 2.24. The van der Waals surface area contributed by atoms with Crippen molar-refractivity contribution in [3.8, 4) is 0 Å². The van der Waals surface area contributed by atoms with Crippen LogP contribution in [0, 0.1) is 11.8 Å². The first-order chi connectivity index (χ1) is 6.08. The van der Waals surface area contributed by atoms with Gasteiger partial charge in [-0.3, -0.25) is 4.21 Å². The molecule has 4 heteroatoms. The molecule has 0 bridgehead atoms. The zero-order chi connectivity index (χ0) is 9.84. The highest BCUT2D eigenvalue weighted by Gasteiger charge is 2.22. The third kappa shape index (κ3) is 4.20. The van der Waals surface area contributed by atoms with Crippen molar-refractivity contribution in [3.63, 3.8) is 0 Å². The molecule has 1 fully saturated rings. The third-order valence-electron chi connectivity index (χ3n) is 2.37. The zero-order valence-electron chi connectivity index (χ0n) is 8.36. The minimum absolute atomic E-state index is 0.342. The Morgan fingerprint density at radius 2 is 2.31 bits per heavy atom. The number of nitrogens with zero attached hydrogens (tertiary/aromatic N) is 1. The molecule has 0 spiro atoms. The molecule has 1 heterocycles. The van der Waals surface area contributed by atoms with Crippen molar-refractivity contribution in [3.05, 3.63) is 0 Å². The van der Waals surface area contributed by atoms with Crippen LogP contribution in [0.1, 0.15) is 20.3 Å². The summed E-state index contributed by atoms with van der Waals surface area (Å²) in [6.07, 6.45) is 1.04. The lowest BCUT2D eigenvalue weighted by Gasteiger charge is -2.18. The first-order valence-corrected chi connectivity index (χ1v) is 6.10. The third-order valence-corrected chi connectivity index (χ3v) is 3.11. The summed E-state index contributed by atoms with van der Waals surface area (Å²) in [6, 6.07) is 0. The molecule has 78 valence electrons. The summed E-state index contributed by atoms with van der Waals surface area (Å²) in [5.41, 5.74) is 0. The van der Waals surface area contributed by atoms with Crippen LogP contribution in [-0.2, 0) is 11.1 Å². The lowest BCUT2D eigenvalue weighted by Crippen LogP contribution is -2.26. The van der Waals surface area contributed by atoms with Crippen molar-refractivity contribution < 1.29 is 8.76 Å². The maximum absolute atomic E-state index is 10.5. The predicted octanol–water partition coefficient (Wildman–Crippen LogP) is 0.843. The molecule has 2 unspecified atom stereocenters.